The first-order valence-electron chi connectivity index (χ1n) is 7.51. The molecule has 116 valence electrons. The fourth-order valence-corrected chi connectivity index (χ4v) is 2.79. The Balaban J connectivity index is 1.60. The second-order valence-corrected chi connectivity index (χ2v) is 5.56. The average Bonchev–Trinajstić information content (AvgIpc) is 2.51. The molecule has 2 rings (SSSR count). The van der Waals surface area contributed by atoms with Gasteiger partial charge >= 0.3 is 0 Å². The number of likely N-dealkylation sites (tertiary alicyclic amines) is 1. The zero-order chi connectivity index (χ0) is 14.9. The molecule has 2 heterocycles. The normalized spacial score (nSPS) is 21.5. The molecule has 6 heteroatoms. The first-order valence-corrected chi connectivity index (χ1v) is 7.51. The summed E-state index contributed by atoms with van der Waals surface area (Å²) >= 11 is 0. The van der Waals surface area contributed by atoms with E-state index in [1.807, 2.05) is 6.08 Å². The third-order valence-corrected chi connectivity index (χ3v) is 4.08. The van der Waals surface area contributed by atoms with E-state index in [-0.39, 0.29) is 0 Å². The highest BCUT2D eigenvalue weighted by molar-refractivity contribution is 5.82. The molecule has 1 saturated heterocycles. The summed E-state index contributed by atoms with van der Waals surface area (Å²) in [5.74, 6) is 0.438. The Hall–Kier alpha value is -1.82. The first-order chi connectivity index (χ1) is 10.3. The molecule has 0 unspecified atom stereocenters. The molecule has 0 bridgehead atoms. The molecule has 21 heavy (non-hydrogen) atoms. The molecule has 1 fully saturated rings. The minimum absolute atomic E-state index is 0.438. The van der Waals surface area contributed by atoms with Crippen LogP contribution in [0.1, 0.15) is 19.3 Å². The lowest BCUT2D eigenvalue weighted by molar-refractivity contribution is 0.200. The van der Waals surface area contributed by atoms with Gasteiger partial charge in [0.1, 0.15) is 0 Å². The Morgan fingerprint density at radius 2 is 2.00 bits per heavy atom. The number of hydrogen-bond acceptors (Lipinski definition) is 6. The van der Waals surface area contributed by atoms with Crippen LogP contribution in [-0.2, 0) is 0 Å². The van der Waals surface area contributed by atoms with Crippen molar-refractivity contribution < 1.29 is 10.4 Å². The van der Waals surface area contributed by atoms with Crippen LogP contribution in [0, 0.1) is 5.92 Å². The number of rotatable bonds is 6. The van der Waals surface area contributed by atoms with Crippen LogP contribution in [0.3, 0.4) is 0 Å². The van der Waals surface area contributed by atoms with Gasteiger partial charge in [0.2, 0.25) is 0 Å². The fourth-order valence-electron chi connectivity index (χ4n) is 2.79. The molecule has 0 aromatic heterocycles. The summed E-state index contributed by atoms with van der Waals surface area (Å²) in [5, 5.41) is 23.2. The van der Waals surface area contributed by atoms with Crippen molar-refractivity contribution in [3.05, 3.63) is 23.9 Å². The highest BCUT2D eigenvalue weighted by Crippen LogP contribution is 2.15. The van der Waals surface area contributed by atoms with Gasteiger partial charge in [-0.05, 0) is 62.7 Å². The van der Waals surface area contributed by atoms with E-state index in [1.54, 1.807) is 6.21 Å². The summed E-state index contributed by atoms with van der Waals surface area (Å²) in [5.41, 5.74) is 0.946. The molecule has 2 aliphatic rings. The number of piperidine rings is 1. The van der Waals surface area contributed by atoms with Crippen LogP contribution in [0.15, 0.2) is 34.2 Å². The highest BCUT2D eigenvalue weighted by atomic mass is 16.4. The smallest absolute Gasteiger partial charge is 0.0731 e. The van der Waals surface area contributed by atoms with E-state index in [0.717, 1.165) is 57.6 Å². The third-order valence-electron chi connectivity index (χ3n) is 4.08. The fraction of sp³-hybridized carbons (Fsp3) is 0.600. The Morgan fingerprint density at radius 1 is 1.19 bits per heavy atom. The van der Waals surface area contributed by atoms with Crippen LogP contribution in [0.25, 0.3) is 0 Å². The van der Waals surface area contributed by atoms with Gasteiger partial charge in [-0.3, -0.25) is 0 Å². The van der Waals surface area contributed by atoms with Crippen molar-refractivity contribution in [3.8, 4) is 0 Å². The lowest BCUT2D eigenvalue weighted by Gasteiger charge is -2.31. The van der Waals surface area contributed by atoms with Gasteiger partial charge in [-0.25, -0.2) is 0 Å². The molecule has 6 nitrogen and oxygen atoms in total. The second kappa shape index (κ2) is 8.46. The van der Waals surface area contributed by atoms with E-state index in [0.29, 0.717) is 5.92 Å². The quantitative estimate of drug-likeness (QED) is 0.444. The maximum absolute atomic E-state index is 8.54. The van der Waals surface area contributed by atoms with E-state index in [1.165, 1.54) is 6.21 Å². The molecule has 0 radical (unpaired) electrons. The monoisotopic (exact) mass is 292 g/mol. The molecule has 0 aliphatic carbocycles. The lowest BCUT2D eigenvalue weighted by Crippen LogP contribution is -2.36. The molecule has 2 aliphatic heterocycles. The van der Waals surface area contributed by atoms with Gasteiger partial charge in [-0.1, -0.05) is 11.2 Å². The standard InChI is InChI=1S/C15H24N4O2/c20-16-12-14-2-8-18(9-3-14)6-1-7-19-10-4-15(5-11-19)13-17-21/h2-3,8,12-13,15,20-21H,1,4-7,9-11H2/b16-12+,17-13+. The summed E-state index contributed by atoms with van der Waals surface area (Å²) in [4.78, 5) is 4.74. The first kappa shape index (κ1) is 15.6. The molecule has 0 aromatic carbocycles. The molecule has 0 saturated carbocycles. The van der Waals surface area contributed by atoms with E-state index < -0.39 is 0 Å². The van der Waals surface area contributed by atoms with Crippen LogP contribution >= 0.6 is 0 Å². The van der Waals surface area contributed by atoms with E-state index in [4.69, 9.17) is 10.4 Å². The minimum Gasteiger partial charge on any atom is -0.411 e. The topological polar surface area (TPSA) is 71.7 Å². The maximum Gasteiger partial charge on any atom is 0.0731 e. The zero-order valence-corrected chi connectivity index (χ0v) is 12.3. The maximum atomic E-state index is 8.54. The van der Waals surface area contributed by atoms with Crippen molar-refractivity contribution >= 4 is 12.4 Å². The van der Waals surface area contributed by atoms with Gasteiger partial charge in [-0.2, -0.15) is 0 Å². The Kier molecular flexibility index (Phi) is 6.27. The number of hydrogen-bond donors (Lipinski definition) is 2. The van der Waals surface area contributed by atoms with Crippen LogP contribution in [0.2, 0.25) is 0 Å². The average molecular weight is 292 g/mol. The van der Waals surface area contributed by atoms with E-state index in [9.17, 15) is 0 Å². The summed E-state index contributed by atoms with van der Waals surface area (Å²) in [6, 6.07) is 0. The molecule has 0 atom stereocenters. The number of nitrogens with zero attached hydrogens (tertiary/aromatic N) is 4. The molecule has 0 amide bonds. The van der Waals surface area contributed by atoms with Crippen molar-refractivity contribution in [2.75, 3.05) is 32.7 Å². The van der Waals surface area contributed by atoms with Crippen molar-refractivity contribution in [1.29, 1.82) is 0 Å². The van der Waals surface area contributed by atoms with Crippen molar-refractivity contribution in [1.82, 2.24) is 9.80 Å². The van der Waals surface area contributed by atoms with Crippen molar-refractivity contribution in [2.45, 2.75) is 19.3 Å². The lowest BCUT2D eigenvalue weighted by atomic mass is 9.98. The van der Waals surface area contributed by atoms with E-state index in [2.05, 4.69) is 32.4 Å². The van der Waals surface area contributed by atoms with Crippen molar-refractivity contribution in [2.24, 2.45) is 16.2 Å². The van der Waals surface area contributed by atoms with E-state index >= 15 is 0 Å². The predicted molar refractivity (Wildman–Crippen MR) is 83.1 cm³/mol. The summed E-state index contributed by atoms with van der Waals surface area (Å²) in [6.07, 6.45) is 12.5. The van der Waals surface area contributed by atoms with Gasteiger partial charge in [0.25, 0.3) is 0 Å². The van der Waals surface area contributed by atoms with Crippen LogP contribution < -0.4 is 0 Å². The second-order valence-electron chi connectivity index (χ2n) is 5.56. The Labute approximate surface area is 125 Å². The third kappa shape index (κ3) is 5.23. The predicted octanol–water partition coefficient (Wildman–Crippen LogP) is 1.76. The molecule has 2 N–H and O–H groups in total. The van der Waals surface area contributed by atoms with Gasteiger partial charge in [0, 0.05) is 19.3 Å². The van der Waals surface area contributed by atoms with Gasteiger partial charge < -0.3 is 20.2 Å². The Bertz CT molecular complexity index is 423. The summed E-state index contributed by atoms with van der Waals surface area (Å²) < 4.78 is 0. The van der Waals surface area contributed by atoms with Crippen LogP contribution in [0.4, 0.5) is 0 Å². The summed E-state index contributed by atoms with van der Waals surface area (Å²) in [6.45, 7) is 5.19. The van der Waals surface area contributed by atoms with Crippen molar-refractivity contribution in [3.63, 3.8) is 0 Å². The Morgan fingerprint density at radius 3 is 2.62 bits per heavy atom. The molecular formula is C15H24N4O2. The number of allylic oxidation sites excluding steroid dienone is 2. The highest BCUT2D eigenvalue weighted by Gasteiger charge is 2.17. The van der Waals surface area contributed by atoms with Gasteiger partial charge in [-0.15, -0.1) is 5.16 Å². The van der Waals surface area contributed by atoms with Crippen LogP contribution in [0.5, 0.6) is 0 Å². The minimum atomic E-state index is 0.438. The number of oxime groups is 2. The molecule has 0 aromatic rings. The molecule has 0 spiro atoms. The van der Waals surface area contributed by atoms with Crippen LogP contribution in [-0.4, -0.2) is 65.4 Å². The summed E-state index contributed by atoms with van der Waals surface area (Å²) in [7, 11) is 0. The molecular weight excluding hydrogens is 268 g/mol. The largest absolute Gasteiger partial charge is 0.411 e. The zero-order valence-electron chi connectivity index (χ0n) is 12.3. The SMILES string of the molecule is O/N=C/C1=CCN(CCCN2CCC(/C=N/O)CC2)C=C1. The van der Waals surface area contributed by atoms with Gasteiger partial charge in [0.05, 0.1) is 6.21 Å². The van der Waals surface area contributed by atoms with Gasteiger partial charge in [0.15, 0.2) is 0 Å².